The highest BCUT2D eigenvalue weighted by Gasteiger charge is 2.19. The van der Waals surface area contributed by atoms with Gasteiger partial charge in [0.25, 0.3) is 0 Å². The summed E-state index contributed by atoms with van der Waals surface area (Å²) in [5, 5.41) is 5.54. The Labute approximate surface area is 170 Å². The number of anilines is 1. The molecular weight excluding hydrogens is 372 g/mol. The maximum Gasteiger partial charge on any atom is 0.240 e. The van der Waals surface area contributed by atoms with Crippen molar-refractivity contribution in [3.8, 4) is 11.3 Å². The number of carbonyl (C=O) groups excluding carboxylic acids is 2. The van der Waals surface area contributed by atoms with Gasteiger partial charge in [-0.3, -0.25) is 14.5 Å². The molecule has 1 aliphatic heterocycles. The lowest BCUT2D eigenvalue weighted by Gasteiger charge is -2.20. The third kappa shape index (κ3) is 4.97. The van der Waals surface area contributed by atoms with Gasteiger partial charge in [0.15, 0.2) is 5.13 Å². The number of benzene rings is 1. The number of hydrogen-bond acceptors (Lipinski definition) is 5. The van der Waals surface area contributed by atoms with Crippen LogP contribution in [0.1, 0.15) is 30.0 Å². The highest BCUT2D eigenvalue weighted by Crippen LogP contribution is 2.29. The van der Waals surface area contributed by atoms with Crippen LogP contribution < -0.4 is 5.32 Å². The maximum absolute atomic E-state index is 12.5. The molecule has 0 spiro atoms. The van der Waals surface area contributed by atoms with Crippen LogP contribution >= 0.6 is 11.3 Å². The molecule has 7 heteroatoms. The Morgan fingerprint density at radius 1 is 1.07 bits per heavy atom. The lowest BCUT2D eigenvalue weighted by atomic mass is 9.99. The van der Waals surface area contributed by atoms with E-state index >= 15 is 0 Å². The summed E-state index contributed by atoms with van der Waals surface area (Å²) in [6.07, 6.45) is 0.889. The molecule has 1 fully saturated rings. The Hall–Kier alpha value is -2.25. The SMILES string of the molecule is CC(=O)N1CCCN(CC(=O)Nc2nc(-c3cc(C)c(C)cc3C)cs2)CC1. The van der Waals surface area contributed by atoms with Gasteiger partial charge in [-0.1, -0.05) is 6.07 Å². The van der Waals surface area contributed by atoms with E-state index in [0.717, 1.165) is 37.3 Å². The van der Waals surface area contributed by atoms with Gasteiger partial charge in [-0.25, -0.2) is 4.98 Å². The molecule has 150 valence electrons. The summed E-state index contributed by atoms with van der Waals surface area (Å²) < 4.78 is 0. The Morgan fingerprint density at radius 3 is 2.57 bits per heavy atom. The van der Waals surface area contributed by atoms with E-state index in [1.807, 2.05) is 10.3 Å². The predicted octanol–water partition coefficient (Wildman–Crippen LogP) is 3.23. The number of thiazole rings is 1. The number of nitrogens with one attached hydrogen (secondary N) is 1. The standard InChI is InChI=1S/C21H28N4O2S/c1-14-10-16(3)18(11-15(14)2)19-13-28-21(22-19)23-20(27)12-24-6-5-7-25(9-8-24)17(4)26/h10-11,13H,5-9,12H2,1-4H3,(H,22,23,27). The zero-order valence-corrected chi connectivity index (χ0v) is 17.9. The van der Waals surface area contributed by atoms with Gasteiger partial charge in [0.05, 0.1) is 12.2 Å². The van der Waals surface area contributed by atoms with E-state index < -0.39 is 0 Å². The first-order valence-corrected chi connectivity index (χ1v) is 10.5. The molecule has 0 bridgehead atoms. The Bertz CT molecular complexity index is 877. The first-order chi connectivity index (χ1) is 13.3. The second-order valence-electron chi connectivity index (χ2n) is 7.47. The normalized spacial score (nSPS) is 15.4. The van der Waals surface area contributed by atoms with Crippen LogP contribution in [0.25, 0.3) is 11.3 Å². The summed E-state index contributed by atoms with van der Waals surface area (Å²) in [4.78, 5) is 32.5. The van der Waals surface area contributed by atoms with Crippen LogP contribution in [0.15, 0.2) is 17.5 Å². The first-order valence-electron chi connectivity index (χ1n) is 9.65. The van der Waals surface area contributed by atoms with Crippen molar-refractivity contribution in [2.45, 2.75) is 34.1 Å². The van der Waals surface area contributed by atoms with Gasteiger partial charge in [0.1, 0.15) is 0 Å². The van der Waals surface area contributed by atoms with Gasteiger partial charge >= 0.3 is 0 Å². The molecule has 0 atom stereocenters. The van der Waals surface area contributed by atoms with Gasteiger partial charge in [-0.2, -0.15) is 0 Å². The van der Waals surface area contributed by atoms with Crippen molar-refractivity contribution in [1.82, 2.24) is 14.8 Å². The summed E-state index contributed by atoms with van der Waals surface area (Å²) in [6.45, 7) is 11.2. The lowest BCUT2D eigenvalue weighted by Crippen LogP contribution is -2.37. The third-order valence-electron chi connectivity index (χ3n) is 5.27. The van der Waals surface area contributed by atoms with Gasteiger partial charge in [-0.15, -0.1) is 11.3 Å². The number of aromatic nitrogens is 1. The average Bonchev–Trinajstić information content (AvgIpc) is 2.95. The zero-order chi connectivity index (χ0) is 20.3. The molecule has 28 heavy (non-hydrogen) atoms. The van der Waals surface area contributed by atoms with Crippen LogP contribution in [0.5, 0.6) is 0 Å². The molecule has 6 nitrogen and oxygen atoms in total. The van der Waals surface area contributed by atoms with E-state index in [-0.39, 0.29) is 11.8 Å². The van der Waals surface area contributed by atoms with Crippen molar-refractivity contribution in [2.75, 3.05) is 38.0 Å². The molecule has 3 rings (SSSR count). The summed E-state index contributed by atoms with van der Waals surface area (Å²) in [5.41, 5.74) is 5.70. The molecule has 1 aromatic carbocycles. The van der Waals surface area contributed by atoms with E-state index in [0.29, 0.717) is 18.2 Å². The van der Waals surface area contributed by atoms with Gasteiger partial charge in [-0.05, 0) is 49.9 Å². The quantitative estimate of drug-likeness (QED) is 0.856. The summed E-state index contributed by atoms with van der Waals surface area (Å²) >= 11 is 1.45. The number of nitrogens with zero attached hydrogens (tertiary/aromatic N) is 3. The highest BCUT2D eigenvalue weighted by molar-refractivity contribution is 7.14. The second kappa shape index (κ2) is 8.84. The topological polar surface area (TPSA) is 65.5 Å². The molecule has 1 aromatic heterocycles. The Morgan fingerprint density at radius 2 is 1.82 bits per heavy atom. The summed E-state index contributed by atoms with van der Waals surface area (Å²) in [6, 6.07) is 4.33. The number of hydrogen-bond donors (Lipinski definition) is 1. The largest absolute Gasteiger partial charge is 0.342 e. The fourth-order valence-electron chi connectivity index (χ4n) is 3.50. The predicted molar refractivity (Wildman–Crippen MR) is 114 cm³/mol. The third-order valence-corrected chi connectivity index (χ3v) is 6.03. The van der Waals surface area contributed by atoms with Crippen LogP contribution in [0.4, 0.5) is 5.13 Å². The van der Waals surface area contributed by atoms with E-state index in [2.05, 4.69) is 48.1 Å². The van der Waals surface area contributed by atoms with Crippen molar-refractivity contribution in [3.05, 3.63) is 34.2 Å². The summed E-state index contributed by atoms with van der Waals surface area (Å²) in [5.74, 6) is 0.0391. The van der Waals surface area contributed by atoms with E-state index in [4.69, 9.17) is 0 Å². The highest BCUT2D eigenvalue weighted by atomic mass is 32.1. The van der Waals surface area contributed by atoms with E-state index in [9.17, 15) is 9.59 Å². The molecular formula is C21H28N4O2S. The zero-order valence-electron chi connectivity index (χ0n) is 17.0. The number of rotatable bonds is 4. The molecule has 2 heterocycles. The van der Waals surface area contributed by atoms with Crippen molar-refractivity contribution < 1.29 is 9.59 Å². The molecule has 1 aliphatic rings. The van der Waals surface area contributed by atoms with Crippen molar-refractivity contribution in [1.29, 1.82) is 0 Å². The van der Waals surface area contributed by atoms with Crippen LogP contribution in [0.2, 0.25) is 0 Å². The lowest BCUT2D eigenvalue weighted by molar-refractivity contribution is -0.128. The van der Waals surface area contributed by atoms with E-state index in [1.165, 1.54) is 28.0 Å². The maximum atomic E-state index is 12.5. The Balaban J connectivity index is 1.60. The number of aryl methyl sites for hydroxylation is 3. The second-order valence-corrected chi connectivity index (χ2v) is 8.33. The fourth-order valence-corrected chi connectivity index (χ4v) is 4.22. The van der Waals surface area contributed by atoms with Crippen LogP contribution in [-0.2, 0) is 9.59 Å². The molecule has 2 aromatic rings. The molecule has 0 unspecified atom stereocenters. The van der Waals surface area contributed by atoms with Crippen molar-refractivity contribution >= 4 is 28.3 Å². The Kier molecular flexibility index (Phi) is 6.46. The van der Waals surface area contributed by atoms with Crippen LogP contribution in [-0.4, -0.2) is 59.3 Å². The van der Waals surface area contributed by atoms with Gasteiger partial charge in [0, 0.05) is 44.0 Å². The fraction of sp³-hybridized carbons (Fsp3) is 0.476. The molecule has 1 saturated heterocycles. The van der Waals surface area contributed by atoms with Gasteiger partial charge in [0.2, 0.25) is 11.8 Å². The van der Waals surface area contributed by atoms with Crippen molar-refractivity contribution in [3.63, 3.8) is 0 Å². The van der Waals surface area contributed by atoms with Crippen LogP contribution in [0.3, 0.4) is 0 Å². The summed E-state index contributed by atoms with van der Waals surface area (Å²) in [7, 11) is 0. The minimum Gasteiger partial charge on any atom is -0.342 e. The minimum absolute atomic E-state index is 0.0611. The van der Waals surface area contributed by atoms with Gasteiger partial charge < -0.3 is 10.2 Å². The molecule has 2 amide bonds. The first kappa shape index (κ1) is 20.5. The molecule has 0 aliphatic carbocycles. The van der Waals surface area contributed by atoms with Crippen molar-refractivity contribution in [2.24, 2.45) is 0 Å². The minimum atomic E-state index is -0.0611. The molecule has 0 saturated carbocycles. The number of amides is 2. The average molecular weight is 401 g/mol. The number of carbonyl (C=O) groups is 2. The molecule has 0 radical (unpaired) electrons. The van der Waals surface area contributed by atoms with Crippen LogP contribution in [0, 0.1) is 20.8 Å². The molecule has 1 N–H and O–H groups in total. The monoisotopic (exact) mass is 400 g/mol. The smallest absolute Gasteiger partial charge is 0.240 e. The van der Waals surface area contributed by atoms with E-state index in [1.54, 1.807) is 6.92 Å².